The first-order chi connectivity index (χ1) is 1.41. The number of carboxylic acid groups (broad SMARTS) is 1. The Kier molecular flexibility index (Phi) is 20.5. The maximum atomic E-state index is 8.36. The van der Waals surface area contributed by atoms with Crippen molar-refractivity contribution in [3.8, 4) is 0 Å². The first-order valence-electron chi connectivity index (χ1n) is 0.494. The van der Waals surface area contributed by atoms with E-state index < -0.39 is 0 Å². The SMILES string of the molecule is O=CO.[Ca+2]. The third kappa shape index (κ3) is 15.3. The van der Waals surface area contributed by atoms with Crippen molar-refractivity contribution in [3.63, 3.8) is 0 Å². The average molecular weight is 86.1 g/mol. The molecule has 0 radical (unpaired) electrons. The quantitative estimate of drug-likeness (QED) is 0.313. The van der Waals surface area contributed by atoms with E-state index in [9.17, 15) is 0 Å². The maximum absolute atomic E-state index is 8.36. The molecule has 0 aromatic heterocycles. The molecule has 0 aliphatic carbocycles. The Labute approximate surface area is 53.8 Å². The largest absolute Gasteiger partial charge is 2.00 e. The molecule has 0 heterocycles. The molecule has 0 atom stereocenters. The Morgan fingerprint density at radius 3 is 1.75 bits per heavy atom. The minimum atomic E-state index is -0.250. The van der Waals surface area contributed by atoms with E-state index in [1.807, 2.05) is 0 Å². The van der Waals surface area contributed by atoms with Gasteiger partial charge in [0.25, 0.3) is 6.47 Å². The Balaban J connectivity index is 0. The Hall–Kier alpha value is 0.730. The van der Waals surface area contributed by atoms with Crippen molar-refractivity contribution in [2.75, 3.05) is 0 Å². The summed E-state index contributed by atoms with van der Waals surface area (Å²) < 4.78 is 0. The summed E-state index contributed by atoms with van der Waals surface area (Å²) in [7, 11) is 0. The molecule has 0 aliphatic heterocycles. The second-order valence-electron chi connectivity index (χ2n) is 0.105. The summed E-state index contributed by atoms with van der Waals surface area (Å²) in [6.07, 6.45) is 0. The second-order valence-corrected chi connectivity index (χ2v) is 0.105. The van der Waals surface area contributed by atoms with Crippen LogP contribution in [0.15, 0.2) is 0 Å². The average Bonchev–Trinajstić information content (AvgIpc) is 0.918. The van der Waals surface area contributed by atoms with Crippen LogP contribution in [0.5, 0.6) is 0 Å². The van der Waals surface area contributed by atoms with Gasteiger partial charge in [-0.15, -0.1) is 0 Å². The standard InChI is InChI=1S/CH2O2.Ca/c2-1-3;/h1H,(H,2,3);/q;+2. The van der Waals surface area contributed by atoms with Gasteiger partial charge in [-0.25, -0.2) is 0 Å². The summed E-state index contributed by atoms with van der Waals surface area (Å²) >= 11 is 0. The van der Waals surface area contributed by atoms with Crippen LogP contribution in [0.4, 0.5) is 0 Å². The molecule has 0 spiro atoms. The predicted molar refractivity (Wildman–Crippen MR) is 14.4 cm³/mol. The van der Waals surface area contributed by atoms with Gasteiger partial charge < -0.3 is 5.11 Å². The van der Waals surface area contributed by atoms with Gasteiger partial charge in [0.1, 0.15) is 0 Å². The third-order valence-corrected chi connectivity index (χ3v) is 0. The fourth-order valence-corrected chi connectivity index (χ4v) is 0. The van der Waals surface area contributed by atoms with Gasteiger partial charge in [-0.1, -0.05) is 0 Å². The van der Waals surface area contributed by atoms with Gasteiger partial charge in [0.15, 0.2) is 0 Å². The van der Waals surface area contributed by atoms with Crippen LogP contribution in [0, 0.1) is 0 Å². The van der Waals surface area contributed by atoms with Crippen molar-refractivity contribution in [2.24, 2.45) is 0 Å². The molecule has 0 aromatic rings. The minimum absolute atomic E-state index is 0. The topological polar surface area (TPSA) is 37.3 Å². The van der Waals surface area contributed by atoms with Crippen molar-refractivity contribution < 1.29 is 9.90 Å². The van der Waals surface area contributed by atoms with E-state index in [1.165, 1.54) is 0 Å². The molecule has 0 amide bonds. The monoisotopic (exact) mass is 86.0 g/mol. The van der Waals surface area contributed by atoms with Crippen molar-refractivity contribution in [3.05, 3.63) is 0 Å². The molecule has 3 heteroatoms. The molecule has 0 unspecified atom stereocenters. The summed E-state index contributed by atoms with van der Waals surface area (Å²) in [5, 5.41) is 6.89. The zero-order valence-electron chi connectivity index (χ0n) is 2.14. The molecule has 0 fully saturated rings. The first kappa shape index (κ1) is 8.83. The fourth-order valence-electron chi connectivity index (χ4n) is 0. The van der Waals surface area contributed by atoms with Crippen LogP contribution >= 0.6 is 0 Å². The van der Waals surface area contributed by atoms with Crippen LogP contribution < -0.4 is 0 Å². The van der Waals surface area contributed by atoms with Crippen LogP contribution in [0.1, 0.15) is 0 Å². The number of rotatable bonds is 0. The molecule has 1 N–H and O–H groups in total. The van der Waals surface area contributed by atoms with Crippen molar-refractivity contribution >= 4 is 44.2 Å². The Morgan fingerprint density at radius 1 is 1.75 bits per heavy atom. The third-order valence-electron chi connectivity index (χ3n) is 0. The van der Waals surface area contributed by atoms with Gasteiger partial charge in [-0.3, -0.25) is 4.79 Å². The van der Waals surface area contributed by atoms with Gasteiger partial charge in [-0.2, -0.15) is 0 Å². The molecule has 18 valence electrons. The van der Waals surface area contributed by atoms with Crippen molar-refractivity contribution in [1.29, 1.82) is 0 Å². The van der Waals surface area contributed by atoms with Gasteiger partial charge in [0.05, 0.1) is 0 Å². The fraction of sp³-hybridized carbons (Fsp3) is 0. The molecule has 4 heavy (non-hydrogen) atoms. The number of hydrogen-bond donors (Lipinski definition) is 1. The molecular formula is CH2CaO2+2. The van der Waals surface area contributed by atoms with Crippen LogP contribution in [0.2, 0.25) is 0 Å². The maximum Gasteiger partial charge on any atom is 2.00 e. The number of carbonyl (C=O) groups is 1. The summed E-state index contributed by atoms with van der Waals surface area (Å²) in [6.45, 7) is -0.250. The zero-order valence-corrected chi connectivity index (χ0v) is 4.35. The van der Waals surface area contributed by atoms with Gasteiger partial charge >= 0.3 is 37.7 Å². The van der Waals surface area contributed by atoms with E-state index in [4.69, 9.17) is 9.90 Å². The van der Waals surface area contributed by atoms with Crippen LogP contribution in [0.3, 0.4) is 0 Å². The van der Waals surface area contributed by atoms with Crippen LogP contribution in [-0.4, -0.2) is 49.3 Å². The summed E-state index contributed by atoms with van der Waals surface area (Å²) in [6, 6.07) is 0. The van der Waals surface area contributed by atoms with E-state index in [0.717, 1.165) is 0 Å². The number of hydrogen-bond acceptors (Lipinski definition) is 1. The normalized spacial score (nSPS) is 3.00. The second kappa shape index (κ2) is 9.29. The predicted octanol–water partition coefficient (Wildman–Crippen LogP) is -0.680. The first-order valence-corrected chi connectivity index (χ1v) is 0.494. The molecule has 0 saturated carbocycles. The molecule has 0 aliphatic rings. The summed E-state index contributed by atoms with van der Waals surface area (Å²) in [5.74, 6) is 0. The van der Waals surface area contributed by atoms with E-state index in [2.05, 4.69) is 0 Å². The van der Waals surface area contributed by atoms with Gasteiger partial charge in [0, 0.05) is 0 Å². The molecule has 0 aromatic carbocycles. The molecular weight excluding hydrogens is 84.1 g/mol. The van der Waals surface area contributed by atoms with Crippen LogP contribution in [-0.2, 0) is 4.79 Å². The van der Waals surface area contributed by atoms with Crippen molar-refractivity contribution in [2.45, 2.75) is 0 Å². The van der Waals surface area contributed by atoms with Crippen LogP contribution in [0.25, 0.3) is 0 Å². The minimum Gasteiger partial charge on any atom is -0.483 e. The zero-order chi connectivity index (χ0) is 2.71. The summed E-state index contributed by atoms with van der Waals surface area (Å²) in [5.41, 5.74) is 0. The van der Waals surface area contributed by atoms with E-state index in [0.29, 0.717) is 0 Å². The smallest absolute Gasteiger partial charge is 0.483 e. The Morgan fingerprint density at radius 2 is 1.75 bits per heavy atom. The van der Waals surface area contributed by atoms with Crippen molar-refractivity contribution in [1.82, 2.24) is 0 Å². The molecule has 0 saturated heterocycles. The van der Waals surface area contributed by atoms with Gasteiger partial charge in [0.2, 0.25) is 0 Å². The molecule has 0 bridgehead atoms. The molecule has 2 nitrogen and oxygen atoms in total. The van der Waals surface area contributed by atoms with E-state index in [1.54, 1.807) is 0 Å². The van der Waals surface area contributed by atoms with Gasteiger partial charge in [-0.05, 0) is 0 Å². The Bertz CT molecular complexity index is 13.5. The molecule has 0 rings (SSSR count). The summed E-state index contributed by atoms with van der Waals surface area (Å²) in [4.78, 5) is 8.36. The van der Waals surface area contributed by atoms with E-state index >= 15 is 0 Å². The van der Waals surface area contributed by atoms with E-state index in [-0.39, 0.29) is 44.2 Å².